The SMILES string of the molecule is Cc1cccc2sc3c(C#N)cccc3c12.Cc1cccc2sc3cc(C#N)ccc3c12.Cc1cccc2sc3ccc(C#N)cc3c12.Cc1cccc2sc3cccc(C#N)c3c12. The minimum atomic E-state index is 0.732. The molecule has 4 heterocycles. The lowest BCUT2D eigenvalue weighted by atomic mass is 10.0. The molecule has 0 bridgehead atoms. The second-order valence-electron chi connectivity index (χ2n) is 15.4. The highest BCUT2D eigenvalue weighted by atomic mass is 32.1. The van der Waals surface area contributed by atoms with Gasteiger partial charge in [-0.25, -0.2) is 0 Å². The minimum absolute atomic E-state index is 0.732. The van der Waals surface area contributed by atoms with Crippen molar-refractivity contribution in [1.82, 2.24) is 0 Å². The molecule has 8 aromatic carbocycles. The van der Waals surface area contributed by atoms with Gasteiger partial charge in [-0.3, -0.25) is 0 Å². The molecule has 12 aromatic rings. The first-order chi connectivity index (χ1) is 31.2. The van der Waals surface area contributed by atoms with Crippen molar-refractivity contribution < 1.29 is 0 Å². The number of hydrogen-bond donors (Lipinski definition) is 0. The van der Waals surface area contributed by atoms with E-state index in [-0.39, 0.29) is 0 Å². The lowest BCUT2D eigenvalue weighted by molar-refractivity contribution is 1.50. The summed E-state index contributed by atoms with van der Waals surface area (Å²) in [7, 11) is 0. The Morgan fingerprint density at radius 1 is 0.312 bits per heavy atom. The van der Waals surface area contributed by atoms with Crippen LogP contribution in [0.3, 0.4) is 0 Å². The standard InChI is InChI=1S/4C14H9NS/c1-9-4-2-7-12-13(9)11-6-3-5-10(8-15)14(11)16-12;1-9-4-2-6-11-13(9)14-10(8-15)5-3-7-12(14)16-11;1-9-3-2-4-13-14(9)11-7-10(8-15)5-6-12(11)16-13;1-9-3-2-4-12-14(9)11-6-5-10(8-15)7-13(11)16-12/h4*2-7H,1H3. The van der Waals surface area contributed by atoms with Gasteiger partial charge in [-0.2, -0.15) is 21.0 Å². The Balaban J connectivity index is 0.000000108. The van der Waals surface area contributed by atoms with Crippen LogP contribution in [0.4, 0.5) is 0 Å². The Hall–Kier alpha value is -7.40. The Kier molecular flexibility index (Phi) is 11.6. The zero-order chi connectivity index (χ0) is 44.5. The van der Waals surface area contributed by atoms with Crippen LogP contribution in [0, 0.1) is 73.0 Å². The lowest BCUT2D eigenvalue weighted by Gasteiger charge is -1.97. The summed E-state index contributed by atoms with van der Waals surface area (Å²) in [4.78, 5) is 0. The van der Waals surface area contributed by atoms with Crippen molar-refractivity contribution in [3.8, 4) is 24.3 Å². The monoisotopic (exact) mass is 892 g/mol. The molecule has 0 radical (unpaired) electrons. The summed E-state index contributed by atoms with van der Waals surface area (Å²) in [5.41, 5.74) is 8.11. The minimum Gasteiger partial charge on any atom is -0.192 e. The summed E-state index contributed by atoms with van der Waals surface area (Å²) in [6.45, 7) is 8.47. The maximum atomic E-state index is 9.16. The molecule has 12 rings (SSSR count). The van der Waals surface area contributed by atoms with Gasteiger partial charge in [0.25, 0.3) is 0 Å². The first kappa shape index (κ1) is 41.9. The van der Waals surface area contributed by atoms with E-state index in [4.69, 9.17) is 21.0 Å². The molecule has 0 atom stereocenters. The highest BCUT2D eigenvalue weighted by Crippen LogP contribution is 2.40. The molecule has 4 nitrogen and oxygen atoms in total. The molecular weight excluding hydrogens is 857 g/mol. The van der Waals surface area contributed by atoms with Gasteiger partial charge in [0.2, 0.25) is 0 Å². The van der Waals surface area contributed by atoms with Crippen molar-refractivity contribution in [3.05, 3.63) is 190 Å². The maximum Gasteiger partial charge on any atom is 0.101 e. The van der Waals surface area contributed by atoms with Crippen LogP contribution >= 0.6 is 45.3 Å². The smallest absolute Gasteiger partial charge is 0.101 e. The normalized spacial score (nSPS) is 10.8. The number of benzene rings is 8. The zero-order valence-corrected chi connectivity index (χ0v) is 38.5. The molecule has 4 aromatic heterocycles. The molecule has 0 aliphatic rings. The van der Waals surface area contributed by atoms with Crippen LogP contribution in [-0.2, 0) is 0 Å². The number of rotatable bonds is 0. The number of thiophene rings is 4. The third kappa shape index (κ3) is 7.71. The molecule has 0 saturated carbocycles. The molecule has 0 spiro atoms. The molecule has 304 valence electrons. The third-order valence-electron chi connectivity index (χ3n) is 11.4. The van der Waals surface area contributed by atoms with Crippen LogP contribution in [-0.4, -0.2) is 0 Å². The van der Waals surface area contributed by atoms with Gasteiger partial charge >= 0.3 is 0 Å². The van der Waals surface area contributed by atoms with E-state index in [2.05, 4.69) is 143 Å². The van der Waals surface area contributed by atoms with Gasteiger partial charge in [-0.05, 0) is 123 Å². The molecule has 0 unspecified atom stereocenters. The van der Waals surface area contributed by atoms with Gasteiger partial charge in [-0.1, -0.05) is 72.8 Å². The highest BCUT2D eigenvalue weighted by molar-refractivity contribution is 7.27. The van der Waals surface area contributed by atoms with Gasteiger partial charge < -0.3 is 0 Å². The van der Waals surface area contributed by atoms with Crippen molar-refractivity contribution in [2.45, 2.75) is 27.7 Å². The molecule has 0 saturated heterocycles. The van der Waals surface area contributed by atoms with E-state index in [0.29, 0.717) is 0 Å². The largest absolute Gasteiger partial charge is 0.192 e. The van der Waals surface area contributed by atoms with Crippen molar-refractivity contribution in [1.29, 1.82) is 21.0 Å². The van der Waals surface area contributed by atoms with Crippen molar-refractivity contribution >= 4 is 126 Å². The van der Waals surface area contributed by atoms with E-state index in [1.165, 1.54) is 92.9 Å². The van der Waals surface area contributed by atoms with E-state index in [0.717, 1.165) is 32.3 Å². The van der Waals surface area contributed by atoms with E-state index < -0.39 is 0 Å². The van der Waals surface area contributed by atoms with Gasteiger partial charge in [0.15, 0.2) is 0 Å². The number of nitriles is 4. The van der Waals surface area contributed by atoms with E-state index >= 15 is 0 Å². The van der Waals surface area contributed by atoms with Gasteiger partial charge in [-0.15, -0.1) is 45.3 Å². The molecule has 0 fully saturated rings. The van der Waals surface area contributed by atoms with Gasteiger partial charge in [0.05, 0.1) is 45.2 Å². The predicted molar refractivity (Wildman–Crippen MR) is 275 cm³/mol. The average Bonchev–Trinajstić information content (AvgIpc) is 4.10. The molecule has 0 aliphatic heterocycles. The number of aryl methyl sites for hydroxylation is 4. The summed E-state index contributed by atoms with van der Waals surface area (Å²) < 4.78 is 9.87. The Labute approximate surface area is 386 Å². The fourth-order valence-corrected chi connectivity index (χ4v) is 13.2. The molecule has 0 aliphatic carbocycles. The van der Waals surface area contributed by atoms with Crippen LogP contribution < -0.4 is 0 Å². The third-order valence-corrected chi connectivity index (χ3v) is 15.9. The van der Waals surface area contributed by atoms with Crippen molar-refractivity contribution in [2.75, 3.05) is 0 Å². The van der Waals surface area contributed by atoms with Crippen LogP contribution in [0.15, 0.2) is 146 Å². The summed E-state index contributed by atoms with van der Waals surface area (Å²) in [6, 6.07) is 57.9. The predicted octanol–water partition coefficient (Wildman–Crippen LogP) is 16.9. The average molecular weight is 893 g/mol. The maximum absolute atomic E-state index is 9.16. The van der Waals surface area contributed by atoms with Crippen LogP contribution in [0.5, 0.6) is 0 Å². The topological polar surface area (TPSA) is 95.2 Å². The first-order valence-electron chi connectivity index (χ1n) is 20.5. The molecule has 0 N–H and O–H groups in total. The molecule has 0 amide bonds. The van der Waals surface area contributed by atoms with Gasteiger partial charge in [0.1, 0.15) is 6.07 Å². The van der Waals surface area contributed by atoms with Crippen LogP contribution in [0.2, 0.25) is 0 Å². The van der Waals surface area contributed by atoms with Gasteiger partial charge in [0, 0.05) is 76.0 Å². The highest BCUT2D eigenvalue weighted by Gasteiger charge is 2.12. The Morgan fingerprint density at radius 2 is 0.750 bits per heavy atom. The van der Waals surface area contributed by atoms with E-state index in [1.807, 2.05) is 54.6 Å². The second kappa shape index (κ2) is 17.8. The van der Waals surface area contributed by atoms with Crippen LogP contribution in [0.25, 0.3) is 80.7 Å². The summed E-state index contributed by atoms with van der Waals surface area (Å²) in [6.07, 6.45) is 0. The molecule has 8 heteroatoms. The van der Waals surface area contributed by atoms with E-state index in [9.17, 15) is 0 Å². The summed E-state index contributed by atoms with van der Waals surface area (Å²) >= 11 is 7.00. The Morgan fingerprint density at radius 3 is 1.36 bits per heavy atom. The summed E-state index contributed by atoms with van der Waals surface area (Å²) in [5, 5.41) is 46.0. The lowest BCUT2D eigenvalue weighted by Crippen LogP contribution is -1.78. The fourth-order valence-electron chi connectivity index (χ4n) is 8.39. The number of fused-ring (bicyclic) bond motifs is 12. The molecular formula is C56H36N4S4. The first-order valence-corrected chi connectivity index (χ1v) is 23.7. The fraction of sp³-hybridized carbons (Fsp3) is 0.0714. The Bertz CT molecular complexity index is 3930. The summed E-state index contributed by atoms with van der Waals surface area (Å²) in [5.74, 6) is 0. The molecule has 64 heavy (non-hydrogen) atoms. The number of hydrogen-bond acceptors (Lipinski definition) is 8. The van der Waals surface area contributed by atoms with Crippen molar-refractivity contribution in [2.24, 2.45) is 0 Å². The van der Waals surface area contributed by atoms with Crippen molar-refractivity contribution in [3.63, 3.8) is 0 Å². The zero-order valence-electron chi connectivity index (χ0n) is 35.3. The quantitative estimate of drug-likeness (QED) is 0.151. The van der Waals surface area contributed by atoms with E-state index in [1.54, 1.807) is 45.3 Å². The number of nitrogens with zero attached hydrogens (tertiary/aromatic N) is 4. The second-order valence-corrected chi connectivity index (χ2v) is 19.7. The van der Waals surface area contributed by atoms with Crippen LogP contribution in [0.1, 0.15) is 44.5 Å².